The van der Waals surface area contributed by atoms with Gasteiger partial charge in [0.25, 0.3) is 0 Å². The van der Waals surface area contributed by atoms with Gasteiger partial charge in [0, 0.05) is 16.5 Å². The summed E-state index contributed by atoms with van der Waals surface area (Å²) in [5, 5.41) is 11.9. The highest BCUT2D eigenvalue weighted by molar-refractivity contribution is 6.13. The Kier molecular flexibility index (Phi) is 7.04. The molecule has 168 valence electrons. The van der Waals surface area contributed by atoms with Crippen molar-refractivity contribution in [1.29, 1.82) is 0 Å². The number of rotatable bonds is 4. The van der Waals surface area contributed by atoms with E-state index in [4.69, 9.17) is 9.47 Å². The number of anilines is 2. The molecule has 0 bridgehead atoms. The van der Waals surface area contributed by atoms with Crippen LogP contribution in [0.25, 0.3) is 10.8 Å². The van der Waals surface area contributed by atoms with Crippen molar-refractivity contribution >= 4 is 40.4 Å². The van der Waals surface area contributed by atoms with Crippen LogP contribution in [0.15, 0.2) is 24.4 Å². The van der Waals surface area contributed by atoms with E-state index in [2.05, 4.69) is 20.3 Å². The van der Waals surface area contributed by atoms with Crippen molar-refractivity contribution in [3.63, 3.8) is 0 Å². The van der Waals surface area contributed by atoms with Gasteiger partial charge in [0.2, 0.25) is 0 Å². The number of carbonyl (C=O) groups is 3. The van der Waals surface area contributed by atoms with Gasteiger partial charge in [-0.15, -0.1) is 5.10 Å². The first-order chi connectivity index (χ1) is 14.3. The maximum Gasteiger partial charge on any atom is 0.425 e. The maximum absolute atomic E-state index is 12.9. The number of aromatic nitrogens is 2. The Morgan fingerprint density at radius 2 is 1.58 bits per heavy atom. The van der Waals surface area contributed by atoms with E-state index < -0.39 is 29.4 Å². The molecule has 2 aromatic rings. The lowest BCUT2D eigenvalue weighted by Gasteiger charge is -2.28. The third-order valence-corrected chi connectivity index (χ3v) is 3.67. The van der Waals surface area contributed by atoms with E-state index in [0.29, 0.717) is 16.5 Å². The van der Waals surface area contributed by atoms with Gasteiger partial charge in [0.05, 0.1) is 13.3 Å². The first kappa shape index (κ1) is 23.8. The van der Waals surface area contributed by atoms with Crippen LogP contribution in [-0.2, 0) is 19.0 Å². The molecule has 0 spiro atoms. The number of nitrogens with one attached hydrogen (secondary N) is 1. The minimum Gasteiger partial charge on any atom is -0.468 e. The third kappa shape index (κ3) is 6.80. The van der Waals surface area contributed by atoms with Crippen molar-refractivity contribution in [2.45, 2.75) is 52.7 Å². The molecule has 0 saturated carbocycles. The Morgan fingerprint density at radius 1 is 1.00 bits per heavy atom. The van der Waals surface area contributed by atoms with E-state index in [1.54, 1.807) is 59.7 Å². The number of ether oxygens (including phenoxy) is 3. The number of imide groups is 1. The topological polar surface area (TPSA) is 120 Å². The van der Waals surface area contributed by atoms with Crippen LogP contribution in [0, 0.1) is 0 Å². The van der Waals surface area contributed by atoms with Gasteiger partial charge in [-0.25, -0.2) is 9.59 Å². The van der Waals surface area contributed by atoms with E-state index in [1.165, 1.54) is 13.3 Å². The van der Waals surface area contributed by atoms with E-state index in [-0.39, 0.29) is 12.4 Å². The molecule has 0 aliphatic heterocycles. The molecule has 31 heavy (non-hydrogen) atoms. The summed E-state index contributed by atoms with van der Waals surface area (Å²) in [6, 6.07) is 5.04. The molecule has 0 unspecified atom stereocenters. The zero-order valence-electron chi connectivity index (χ0n) is 18.8. The highest BCUT2D eigenvalue weighted by Crippen LogP contribution is 2.28. The average Bonchev–Trinajstić information content (AvgIpc) is 2.63. The first-order valence-corrected chi connectivity index (χ1v) is 9.63. The van der Waals surface area contributed by atoms with Crippen LogP contribution in [-0.4, -0.2) is 53.2 Å². The fourth-order valence-electron chi connectivity index (χ4n) is 2.46. The van der Waals surface area contributed by atoms with Crippen molar-refractivity contribution in [1.82, 2.24) is 10.2 Å². The Bertz CT molecular complexity index is 950. The van der Waals surface area contributed by atoms with Gasteiger partial charge in [-0.05, 0) is 59.7 Å². The fourth-order valence-corrected chi connectivity index (χ4v) is 2.46. The number of benzene rings is 1. The summed E-state index contributed by atoms with van der Waals surface area (Å²) in [6.07, 6.45) is -0.391. The molecule has 0 aliphatic rings. The maximum atomic E-state index is 12.9. The third-order valence-electron chi connectivity index (χ3n) is 3.67. The van der Waals surface area contributed by atoms with E-state index in [0.717, 1.165) is 4.90 Å². The number of methoxy groups -OCH3 is 1. The van der Waals surface area contributed by atoms with Gasteiger partial charge in [-0.3, -0.25) is 4.79 Å². The van der Waals surface area contributed by atoms with Crippen molar-refractivity contribution in [2.75, 3.05) is 23.9 Å². The number of carbonyl (C=O) groups excluding carboxylic acids is 3. The Balaban J connectivity index is 2.48. The number of fused-ring (bicyclic) bond motifs is 1. The van der Waals surface area contributed by atoms with E-state index in [9.17, 15) is 14.4 Å². The predicted molar refractivity (Wildman–Crippen MR) is 115 cm³/mol. The molecule has 10 heteroatoms. The molecule has 0 fully saturated rings. The molecule has 10 nitrogen and oxygen atoms in total. The number of nitrogens with zero attached hydrogens (tertiary/aromatic N) is 3. The zero-order valence-corrected chi connectivity index (χ0v) is 18.8. The Labute approximate surface area is 180 Å². The normalized spacial score (nSPS) is 11.6. The lowest BCUT2D eigenvalue weighted by atomic mass is 10.1. The van der Waals surface area contributed by atoms with Gasteiger partial charge in [0.15, 0.2) is 5.82 Å². The molecule has 0 radical (unpaired) electrons. The van der Waals surface area contributed by atoms with Gasteiger partial charge < -0.3 is 19.5 Å². The molecule has 1 aromatic carbocycles. The molecule has 0 aliphatic carbocycles. The van der Waals surface area contributed by atoms with Crippen LogP contribution in [0.2, 0.25) is 0 Å². The summed E-state index contributed by atoms with van der Waals surface area (Å²) >= 11 is 0. The van der Waals surface area contributed by atoms with Crippen LogP contribution in [0.5, 0.6) is 0 Å². The van der Waals surface area contributed by atoms with Gasteiger partial charge in [-0.1, -0.05) is 0 Å². The highest BCUT2D eigenvalue weighted by Gasteiger charge is 2.34. The summed E-state index contributed by atoms with van der Waals surface area (Å²) in [5.41, 5.74) is -1.07. The Hall–Kier alpha value is -3.43. The summed E-state index contributed by atoms with van der Waals surface area (Å²) in [6.45, 7) is 10.1. The first-order valence-electron chi connectivity index (χ1n) is 9.63. The van der Waals surface area contributed by atoms with E-state index in [1.807, 2.05) is 0 Å². The second kappa shape index (κ2) is 9.15. The van der Waals surface area contributed by atoms with Crippen LogP contribution in [0.1, 0.15) is 41.5 Å². The number of esters is 1. The lowest BCUT2D eigenvalue weighted by Crippen LogP contribution is -2.44. The SMILES string of the molecule is COC(=O)CNc1ccc2c(N(C(=O)OC(C)(C)C)C(=O)OC(C)(C)C)nncc2c1. The predicted octanol–water partition coefficient (Wildman–Crippen LogP) is 3.89. The largest absolute Gasteiger partial charge is 0.468 e. The summed E-state index contributed by atoms with van der Waals surface area (Å²) in [4.78, 5) is 37.8. The molecule has 1 heterocycles. The van der Waals surface area contributed by atoms with E-state index >= 15 is 0 Å². The molecule has 1 aromatic heterocycles. The van der Waals surface area contributed by atoms with Crippen molar-refractivity contribution in [2.24, 2.45) is 0 Å². The molecule has 0 saturated heterocycles. The monoisotopic (exact) mass is 432 g/mol. The number of hydrogen-bond donors (Lipinski definition) is 1. The zero-order chi connectivity index (χ0) is 23.4. The van der Waals surface area contributed by atoms with Crippen molar-refractivity contribution in [3.8, 4) is 0 Å². The minimum atomic E-state index is -0.934. The van der Waals surface area contributed by atoms with Gasteiger partial charge in [-0.2, -0.15) is 10.00 Å². The smallest absolute Gasteiger partial charge is 0.425 e. The summed E-state index contributed by atoms with van der Waals surface area (Å²) in [5.74, 6) is -0.449. The van der Waals surface area contributed by atoms with Crippen LogP contribution in [0.4, 0.5) is 21.1 Å². The molecule has 2 amide bonds. The molecular weight excluding hydrogens is 404 g/mol. The molecular formula is C21H28N4O6. The van der Waals surface area contributed by atoms with Crippen molar-refractivity contribution < 1.29 is 28.6 Å². The summed E-state index contributed by atoms with van der Waals surface area (Å²) in [7, 11) is 1.30. The second-order valence-electron chi connectivity index (χ2n) is 8.70. The second-order valence-corrected chi connectivity index (χ2v) is 8.70. The minimum absolute atomic E-state index is 0.0185. The van der Waals surface area contributed by atoms with Gasteiger partial charge in [0.1, 0.15) is 17.7 Å². The number of amides is 2. The van der Waals surface area contributed by atoms with Gasteiger partial charge >= 0.3 is 18.2 Å². The lowest BCUT2D eigenvalue weighted by molar-refractivity contribution is -0.138. The standard InChI is InChI=1S/C21H28N4O6/c1-20(2,3)30-18(27)25(19(28)31-21(4,5)6)17-15-9-8-14(22-12-16(26)29-7)10-13(15)11-23-24-17/h8-11,22H,12H2,1-7H3. The van der Waals surface area contributed by atoms with Crippen LogP contribution in [0.3, 0.4) is 0 Å². The van der Waals surface area contributed by atoms with Crippen molar-refractivity contribution in [3.05, 3.63) is 24.4 Å². The quantitative estimate of drug-likeness (QED) is 0.566. The highest BCUT2D eigenvalue weighted by atomic mass is 16.6. The van der Waals surface area contributed by atoms with Crippen LogP contribution >= 0.6 is 0 Å². The Morgan fingerprint density at radius 3 is 2.10 bits per heavy atom. The fraction of sp³-hybridized carbons (Fsp3) is 0.476. The molecule has 1 N–H and O–H groups in total. The number of hydrogen-bond acceptors (Lipinski definition) is 9. The molecule has 2 rings (SSSR count). The molecule has 0 atom stereocenters. The summed E-state index contributed by atoms with van der Waals surface area (Å²) < 4.78 is 15.4. The van der Waals surface area contributed by atoms with Crippen LogP contribution < -0.4 is 10.2 Å². The average molecular weight is 432 g/mol.